The molecule has 1 heterocycles. The quantitative estimate of drug-likeness (QED) is 0.847. The number of carbonyl (C=O) groups excluding carboxylic acids is 1. The first-order chi connectivity index (χ1) is 10.2. The molecule has 3 rings (SSSR count). The van der Waals surface area contributed by atoms with Gasteiger partial charge in [0.1, 0.15) is 5.41 Å². The Morgan fingerprint density at radius 2 is 1.86 bits per heavy atom. The van der Waals surface area contributed by atoms with Crippen molar-refractivity contribution in [2.45, 2.75) is 38.5 Å². The zero-order valence-corrected chi connectivity index (χ0v) is 11.9. The number of benzene rings is 1. The molecule has 2 aliphatic rings. The lowest BCUT2D eigenvalue weighted by Crippen LogP contribution is -2.34. The van der Waals surface area contributed by atoms with Gasteiger partial charge in [0.25, 0.3) is 0 Å². The number of fused-ring (bicyclic) bond motifs is 1. The maximum atomic E-state index is 12.6. The zero-order chi connectivity index (χ0) is 14.7. The van der Waals surface area contributed by atoms with Crippen molar-refractivity contribution in [3.8, 4) is 17.6 Å². The van der Waals surface area contributed by atoms with Crippen molar-refractivity contribution in [1.29, 1.82) is 5.26 Å². The summed E-state index contributed by atoms with van der Waals surface area (Å²) in [5.41, 5.74) is -0.254. The molecule has 1 aromatic rings. The van der Waals surface area contributed by atoms with Crippen LogP contribution in [0.15, 0.2) is 18.2 Å². The van der Waals surface area contributed by atoms with Crippen LogP contribution < -0.4 is 14.8 Å². The minimum absolute atomic E-state index is 0.203. The van der Waals surface area contributed by atoms with E-state index in [1.165, 1.54) is 0 Å². The van der Waals surface area contributed by atoms with Gasteiger partial charge < -0.3 is 14.8 Å². The third kappa shape index (κ3) is 2.66. The number of hydrogen-bond acceptors (Lipinski definition) is 4. The van der Waals surface area contributed by atoms with E-state index >= 15 is 0 Å². The van der Waals surface area contributed by atoms with Crippen molar-refractivity contribution in [2.75, 3.05) is 12.1 Å². The van der Waals surface area contributed by atoms with E-state index in [1.807, 2.05) is 0 Å². The van der Waals surface area contributed by atoms with Crippen LogP contribution in [-0.2, 0) is 4.79 Å². The van der Waals surface area contributed by atoms with Crippen LogP contribution in [0, 0.1) is 16.7 Å². The predicted molar refractivity (Wildman–Crippen MR) is 76.9 cm³/mol. The van der Waals surface area contributed by atoms with Gasteiger partial charge in [-0.3, -0.25) is 4.79 Å². The van der Waals surface area contributed by atoms with Crippen molar-refractivity contribution in [2.24, 2.45) is 5.41 Å². The van der Waals surface area contributed by atoms with E-state index in [9.17, 15) is 10.1 Å². The Morgan fingerprint density at radius 1 is 1.14 bits per heavy atom. The highest BCUT2D eigenvalue weighted by molar-refractivity contribution is 5.97. The van der Waals surface area contributed by atoms with Crippen molar-refractivity contribution in [1.82, 2.24) is 0 Å². The summed E-state index contributed by atoms with van der Waals surface area (Å²) < 4.78 is 10.5. The SMILES string of the molecule is N#CC1(C(=O)Nc2ccc3c(c2)OCO3)CCCCCC1. The second-order valence-corrected chi connectivity index (χ2v) is 5.63. The fraction of sp³-hybridized carbons (Fsp3) is 0.500. The minimum Gasteiger partial charge on any atom is -0.454 e. The normalized spacial score (nSPS) is 19.4. The number of nitrogens with zero attached hydrogens (tertiary/aromatic N) is 1. The molecule has 21 heavy (non-hydrogen) atoms. The Morgan fingerprint density at radius 3 is 2.57 bits per heavy atom. The summed E-state index contributed by atoms with van der Waals surface area (Å²) >= 11 is 0. The highest BCUT2D eigenvalue weighted by Gasteiger charge is 2.39. The van der Waals surface area contributed by atoms with Crippen LogP contribution in [0.4, 0.5) is 5.69 Å². The second kappa shape index (κ2) is 5.65. The average Bonchev–Trinajstić information content (AvgIpc) is 2.82. The number of nitrogens with one attached hydrogen (secondary N) is 1. The third-order valence-electron chi connectivity index (χ3n) is 4.24. The molecule has 1 aliphatic carbocycles. The third-order valence-corrected chi connectivity index (χ3v) is 4.24. The van der Waals surface area contributed by atoms with Gasteiger partial charge in [-0.1, -0.05) is 25.7 Å². The van der Waals surface area contributed by atoms with Gasteiger partial charge in [-0.25, -0.2) is 0 Å². The minimum atomic E-state index is -0.896. The summed E-state index contributed by atoms with van der Waals surface area (Å²) in [6, 6.07) is 7.54. The monoisotopic (exact) mass is 286 g/mol. The van der Waals surface area contributed by atoms with Gasteiger partial charge in [-0.05, 0) is 25.0 Å². The van der Waals surface area contributed by atoms with Crippen LogP contribution in [0.5, 0.6) is 11.5 Å². The first-order valence-corrected chi connectivity index (χ1v) is 7.36. The molecule has 1 N–H and O–H groups in total. The molecule has 0 bridgehead atoms. The number of amides is 1. The molecule has 0 spiro atoms. The van der Waals surface area contributed by atoms with Crippen LogP contribution in [-0.4, -0.2) is 12.7 Å². The topological polar surface area (TPSA) is 71.4 Å². The van der Waals surface area contributed by atoms with Crippen molar-refractivity contribution in [3.63, 3.8) is 0 Å². The molecule has 5 nitrogen and oxygen atoms in total. The van der Waals surface area contributed by atoms with E-state index in [-0.39, 0.29) is 12.7 Å². The molecule has 1 aliphatic heterocycles. The van der Waals surface area contributed by atoms with Gasteiger partial charge in [-0.2, -0.15) is 5.26 Å². The molecule has 0 atom stereocenters. The van der Waals surface area contributed by atoms with Gasteiger partial charge in [0.2, 0.25) is 12.7 Å². The average molecular weight is 286 g/mol. The van der Waals surface area contributed by atoms with Gasteiger partial charge in [-0.15, -0.1) is 0 Å². The molecule has 0 aromatic heterocycles. The Labute approximate surface area is 123 Å². The molecular formula is C16H18N2O3. The van der Waals surface area contributed by atoms with E-state index in [4.69, 9.17) is 9.47 Å². The number of ether oxygens (including phenoxy) is 2. The molecule has 0 radical (unpaired) electrons. The fourth-order valence-corrected chi connectivity index (χ4v) is 2.95. The fourth-order valence-electron chi connectivity index (χ4n) is 2.95. The van der Waals surface area contributed by atoms with E-state index in [0.29, 0.717) is 30.0 Å². The lowest BCUT2D eigenvalue weighted by molar-refractivity contribution is -0.123. The maximum absolute atomic E-state index is 12.6. The first kappa shape index (κ1) is 13.7. The smallest absolute Gasteiger partial charge is 0.244 e. The van der Waals surface area contributed by atoms with Crippen LogP contribution >= 0.6 is 0 Å². The van der Waals surface area contributed by atoms with E-state index < -0.39 is 5.41 Å². The Kier molecular flexibility index (Phi) is 3.70. The number of nitriles is 1. The first-order valence-electron chi connectivity index (χ1n) is 7.36. The summed E-state index contributed by atoms with van der Waals surface area (Å²) in [5, 5.41) is 12.4. The molecule has 0 saturated heterocycles. The lowest BCUT2D eigenvalue weighted by Gasteiger charge is -2.23. The summed E-state index contributed by atoms with van der Waals surface area (Å²) in [7, 11) is 0. The van der Waals surface area contributed by atoms with Crippen LogP contribution in [0.3, 0.4) is 0 Å². The number of hydrogen-bond donors (Lipinski definition) is 1. The van der Waals surface area contributed by atoms with Crippen molar-refractivity contribution < 1.29 is 14.3 Å². The summed E-state index contributed by atoms with van der Waals surface area (Å²) in [5.74, 6) is 1.10. The maximum Gasteiger partial charge on any atom is 0.244 e. The van der Waals surface area contributed by atoms with Crippen LogP contribution in [0.1, 0.15) is 38.5 Å². The molecular weight excluding hydrogens is 268 g/mol. The van der Waals surface area contributed by atoms with Gasteiger partial charge in [0.05, 0.1) is 6.07 Å². The molecule has 0 unspecified atom stereocenters. The molecule has 1 amide bonds. The van der Waals surface area contributed by atoms with Gasteiger partial charge >= 0.3 is 0 Å². The lowest BCUT2D eigenvalue weighted by atomic mass is 9.81. The molecule has 1 saturated carbocycles. The summed E-state index contributed by atoms with van der Waals surface area (Å²) in [4.78, 5) is 12.6. The number of anilines is 1. The van der Waals surface area contributed by atoms with Crippen molar-refractivity contribution >= 4 is 11.6 Å². The Bertz CT molecular complexity index is 584. The molecule has 5 heteroatoms. The largest absolute Gasteiger partial charge is 0.454 e. The highest BCUT2D eigenvalue weighted by atomic mass is 16.7. The highest BCUT2D eigenvalue weighted by Crippen LogP contribution is 2.37. The second-order valence-electron chi connectivity index (χ2n) is 5.63. The number of rotatable bonds is 2. The zero-order valence-electron chi connectivity index (χ0n) is 11.9. The van der Waals surface area contributed by atoms with E-state index in [1.54, 1.807) is 18.2 Å². The van der Waals surface area contributed by atoms with Crippen molar-refractivity contribution in [3.05, 3.63) is 18.2 Å². The molecule has 1 aromatic carbocycles. The van der Waals surface area contributed by atoms with Crippen LogP contribution in [0.2, 0.25) is 0 Å². The number of carbonyl (C=O) groups is 1. The molecule has 1 fully saturated rings. The van der Waals surface area contributed by atoms with E-state index in [2.05, 4.69) is 11.4 Å². The summed E-state index contributed by atoms with van der Waals surface area (Å²) in [6.07, 6.45) is 5.34. The Balaban J connectivity index is 1.77. The predicted octanol–water partition coefficient (Wildman–Crippen LogP) is 3.22. The summed E-state index contributed by atoms with van der Waals surface area (Å²) in [6.45, 7) is 0.203. The van der Waals surface area contributed by atoms with Gasteiger partial charge in [0, 0.05) is 11.8 Å². The Hall–Kier alpha value is -2.22. The van der Waals surface area contributed by atoms with Crippen LogP contribution in [0.25, 0.3) is 0 Å². The molecule has 110 valence electrons. The van der Waals surface area contributed by atoms with Gasteiger partial charge in [0.15, 0.2) is 11.5 Å². The standard InChI is InChI=1S/C16H18N2O3/c17-10-16(7-3-1-2-4-8-16)15(19)18-12-5-6-13-14(9-12)21-11-20-13/h5-6,9H,1-4,7-8,11H2,(H,18,19). The van der Waals surface area contributed by atoms with E-state index in [0.717, 1.165) is 25.7 Å².